The highest BCUT2D eigenvalue weighted by Gasteiger charge is 2.21. The fourth-order valence-electron chi connectivity index (χ4n) is 4.04. The summed E-state index contributed by atoms with van der Waals surface area (Å²) in [6.07, 6.45) is 0.885. The van der Waals surface area contributed by atoms with Crippen LogP contribution in [0.3, 0.4) is 0 Å². The first-order valence-corrected chi connectivity index (χ1v) is 12.2. The van der Waals surface area contributed by atoms with Crippen molar-refractivity contribution in [2.45, 2.75) is 13.3 Å². The summed E-state index contributed by atoms with van der Waals surface area (Å²) < 4.78 is 9.81. The molecule has 2 aromatic carbocycles. The van der Waals surface area contributed by atoms with Gasteiger partial charge >= 0.3 is 0 Å². The first-order chi connectivity index (χ1) is 15.7. The molecule has 0 unspecified atom stereocenters. The topological polar surface area (TPSA) is 74.2 Å². The largest absolute Gasteiger partial charge is 0.353 e. The Hall–Kier alpha value is -2.88. The predicted molar refractivity (Wildman–Crippen MR) is 131 cm³/mol. The lowest BCUT2D eigenvalue weighted by atomic mass is 10.1. The van der Waals surface area contributed by atoms with E-state index in [1.54, 1.807) is 18.5 Å². The van der Waals surface area contributed by atoms with Crippen LogP contribution >= 0.6 is 23.1 Å². The Morgan fingerprint density at radius 1 is 1.03 bits per heavy atom. The van der Waals surface area contributed by atoms with Crippen LogP contribution in [0, 0.1) is 6.92 Å². The number of benzene rings is 2. The molecule has 1 N–H and O–H groups in total. The maximum absolute atomic E-state index is 12.6. The number of aromatic nitrogens is 3. The SMILES string of the molecule is Cc1nnsc1C(=O)Nc1ccccc1CCN1CCN(c2nsc3ccccc23)CC1. The van der Waals surface area contributed by atoms with Crippen LogP contribution in [0.5, 0.6) is 0 Å². The van der Waals surface area contributed by atoms with Gasteiger partial charge in [-0.1, -0.05) is 34.8 Å². The van der Waals surface area contributed by atoms with Gasteiger partial charge in [-0.2, -0.15) is 4.37 Å². The Morgan fingerprint density at radius 2 is 1.81 bits per heavy atom. The minimum absolute atomic E-state index is 0.144. The van der Waals surface area contributed by atoms with Gasteiger partial charge in [-0.3, -0.25) is 9.69 Å². The van der Waals surface area contributed by atoms with Crippen molar-refractivity contribution in [3.8, 4) is 0 Å². The Balaban J connectivity index is 1.18. The number of aryl methyl sites for hydroxylation is 1. The Bertz CT molecular complexity index is 1230. The van der Waals surface area contributed by atoms with Crippen LogP contribution in [0.15, 0.2) is 48.5 Å². The first-order valence-electron chi connectivity index (χ1n) is 10.7. The lowest BCUT2D eigenvalue weighted by molar-refractivity contribution is 0.102. The van der Waals surface area contributed by atoms with Gasteiger partial charge in [0.25, 0.3) is 5.91 Å². The van der Waals surface area contributed by atoms with Gasteiger partial charge in [0, 0.05) is 43.8 Å². The molecule has 1 aliphatic heterocycles. The summed E-state index contributed by atoms with van der Waals surface area (Å²) in [6.45, 7) is 6.73. The number of piperazine rings is 1. The average molecular weight is 465 g/mol. The monoisotopic (exact) mass is 464 g/mol. The molecule has 0 saturated carbocycles. The van der Waals surface area contributed by atoms with Crippen molar-refractivity contribution in [1.82, 2.24) is 18.9 Å². The maximum Gasteiger partial charge on any atom is 0.269 e. The number of hydrogen-bond donors (Lipinski definition) is 1. The number of amides is 1. The molecule has 3 heterocycles. The molecule has 32 heavy (non-hydrogen) atoms. The summed E-state index contributed by atoms with van der Waals surface area (Å²) in [7, 11) is 0. The number of rotatable bonds is 6. The number of anilines is 2. The summed E-state index contributed by atoms with van der Waals surface area (Å²) in [6, 6.07) is 16.5. The Morgan fingerprint density at radius 3 is 2.62 bits per heavy atom. The highest BCUT2D eigenvalue weighted by molar-refractivity contribution is 7.13. The van der Waals surface area contributed by atoms with Crippen molar-refractivity contribution in [3.63, 3.8) is 0 Å². The van der Waals surface area contributed by atoms with Crippen LogP contribution in [-0.2, 0) is 6.42 Å². The summed E-state index contributed by atoms with van der Waals surface area (Å²) in [5.41, 5.74) is 2.66. The number of carbonyl (C=O) groups excluding carboxylic acids is 1. The normalized spacial score (nSPS) is 14.7. The Labute approximate surface area is 195 Å². The van der Waals surface area contributed by atoms with Gasteiger partial charge in [-0.05, 0) is 60.2 Å². The van der Waals surface area contributed by atoms with E-state index in [1.165, 1.54) is 10.1 Å². The van der Waals surface area contributed by atoms with Crippen LogP contribution in [-0.4, -0.2) is 57.5 Å². The lowest BCUT2D eigenvalue weighted by Gasteiger charge is -2.35. The third kappa shape index (κ3) is 4.36. The van der Waals surface area contributed by atoms with Gasteiger partial charge in [0.1, 0.15) is 10.7 Å². The number of carbonyl (C=O) groups is 1. The molecule has 4 aromatic rings. The van der Waals surface area contributed by atoms with Crippen LogP contribution in [0.2, 0.25) is 0 Å². The highest BCUT2D eigenvalue weighted by Crippen LogP contribution is 2.30. The van der Waals surface area contributed by atoms with Gasteiger partial charge in [-0.25, -0.2) is 0 Å². The quantitative estimate of drug-likeness (QED) is 0.464. The average Bonchev–Trinajstić information content (AvgIpc) is 3.45. The molecule has 7 nitrogen and oxygen atoms in total. The van der Waals surface area contributed by atoms with E-state index >= 15 is 0 Å². The molecule has 1 amide bonds. The van der Waals surface area contributed by atoms with Gasteiger partial charge in [0.15, 0.2) is 0 Å². The van der Waals surface area contributed by atoms with Gasteiger partial charge in [0.2, 0.25) is 0 Å². The van der Waals surface area contributed by atoms with E-state index < -0.39 is 0 Å². The molecule has 0 aliphatic carbocycles. The zero-order chi connectivity index (χ0) is 21.9. The van der Waals surface area contributed by atoms with E-state index in [2.05, 4.69) is 55.0 Å². The number of nitrogens with one attached hydrogen (secondary N) is 1. The van der Waals surface area contributed by atoms with Crippen molar-refractivity contribution >= 4 is 50.6 Å². The molecule has 1 saturated heterocycles. The summed E-state index contributed by atoms with van der Waals surface area (Å²) in [4.78, 5) is 18.0. The van der Waals surface area contributed by atoms with Crippen molar-refractivity contribution in [2.24, 2.45) is 0 Å². The number of hydrogen-bond acceptors (Lipinski definition) is 8. The predicted octanol–water partition coefficient (Wildman–Crippen LogP) is 4.07. The molecule has 2 aromatic heterocycles. The summed E-state index contributed by atoms with van der Waals surface area (Å²) in [5.74, 6) is 0.972. The van der Waals surface area contributed by atoms with Crippen molar-refractivity contribution in [2.75, 3.05) is 42.9 Å². The molecular weight excluding hydrogens is 440 g/mol. The van der Waals surface area contributed by atoms with Crippen LogP contribution < -0.4 is 10.2 Å². The van der Waals surface area contributed by atoms with Gasteiger partial charge < -0.3 is 10.2 Å². The van der Waals surface area contributed by atoms with Gasteiger partial charge in [0.05, 0.1) is 10.4 Å². The molecule has 5 rings (SSSR count). The van der Waals surface area contributed by atoms with Crippen molar-refractivity contribution in [3.05, 3.63) is 64.7 Å². The van der Waals surface area contributed by atoms with Crippen LogP contribution in [0.4, 0.5) is 11.5 Å². The standard InChI is InChI=1S/C23H24N6OS2/c1-16-21(32-27-25-16)23(30)24-19-8-4-2-6-17(19)10-11-28-12-14-29(15-13-28)22-18-7-3-5-9-20(18)31-26-22/h2-9H,10-15H2,1H3,(H,24,30). The molecule has 9 heteroatoms. The summed E-state index contributed by atoms with van der Waals surface area (Å²) >= 11 is 2.70. The Kier molecular flexibility index (Phi) is 6.11. The second-order valence-electron chi connectivity index (χ2n) is 7.88. The molecule has 0 atom stereocenters. The third-order valence-electron chi connectivity index (χ3n) is 5.85. The minimum atomic E-state index is -0.144. The third-order valence-corrected chi connectivity index (χ3v) is 7.49. The first kappa shape index (κ1) is 21.0. The number of nitrogens with zero attached hydrogens (tertiary/aromatic N) is 5. The highest BCUT2D eigenvalue weighted by atomic mass is 32.1. The minimum Gasteiger partial charge on any atom is -0.353 e. The van der Waals surface area contributed by atoms with Crippen molar-refractivity contribution in [1.29, 1.82) is 0 Å². The van der Waals surface area contributed by atoms with E-state index in [-0.39, 0.29) is 5.91 Å². The van der Waals surface area contributed by atoms with E-state index in [9.17, 15) is 4.79 Å². The molecule has 164 valence electrons. The lowest BCUT2D eigenvalue weighted by Crippen LogP contribution is -2.47. The van der Waals surface area contributed by atoms with E-state index in [0.29, 0.717) is 10.6 Å². The molecular formula is C23H24N6OS2. The molecule has 0 radical (unpaired) electrons. The molecule has 1 fully saturated rings. The zero-order valence-electron chi connectivity index (χ0n) is 17.8. The molecule has 0 spiro atoms. The number of para-hydroxylation sites is 1. The fraction of sp³-hybridized carbons (Fsp3) is 0.304. The smallest absolute Gasteiger partial charge is 0.269 e. The fourth-order valence-corrected chi connectivity index (χ4v) is 5.39. The van der Waals surface area contributed by atoms with Crippen molar-refractivity contribution < 1.29 is 4.79 Å². The maximum atomic E-state index is 12.6. The summed E-state index contributed by atoms with van der Waals surface area (Å²) in [5, 5.41) is 8.23. The van der Waals surface area contributed by atoms with Crippen LogP contribution in [0.1, 0.15) is 20.9 Å². The van der Waals surface area contributed by atoms with E-state index in [4.69, 9.17) is 4.37 Å². The second-order valence-corrected chi connectivity index (χ2v) is 9.44. The molecule has 0 bridgehead atoms. The van der Waals surface area contributed by atoms with E-state index in [0.717, 1.165) is 67.7 Å². The van der Waals surface area contributed by atoms with Gasteiger partial charge in [-0.15, -0.1) is 5.10 Å². The molecule has 1 aliphatic rings. The zero-order valence-corrected chi connectivity index (χ0v) is 19.5. The van der Waals surface area contributed by atoms with E-state index in [1.807, 2.05) is 18.2 Å². The van der Waals surface area contributed by atoms with Crippen LogP contribution in [0.25, 0.3) is 10.1 Å². The number of fused-ring (bicyclic) bond motifs is 1. The second kappa shape index (κ2) is 9.32.